The normalized spacial score (nSPS) is 9.94. The molecule has 0 saturated carbocycles. The molecule has 0 heterocycles. The van der Waals surface area contributed by atoms with Crippen LogP contribution < -0.4 is 0 Å². The van der Waals surface area contributed by atoms with Gasteiger partial charge >= 0.3 is 5.97 Å². The van der Waals surface area contributed by atoms with E-state index >= 15 is 0 Å². The van der Waals surface area contributed by atoms with Crippen molar-refractivity contribution >= 4 is 33.7 Å². The largest absolute Gasteiger partial charge is 0.478 e. The molecule has 1 aromatic carbocycles. The summed E-state index contributed by atoms with van der Waals surface area (Å²) in [4.78, 5) is 11.9. The Bertz CT molecular complexity index is 423. The van der Waals surface area contributed by atoms with Gasteiger partial charge in [0, 0.05) is 15.1 Å². The first kappa shape index (κ1) is 13.3. The lowest BCUT2D eigenvalue weighted by Gasteiger charge is -2.03. The van der Waals surface area contributed by atoms with Crippen LogP contribution in [0.15, 0.2) is 39.2 Å². The van der Waals surface area contributed by atoms with Gasteiger partial charge in [0.1, 0.15) is 0 Å². The highest BCUT2D eigenvalue weighted by molar-refractivity contribution is 9.10. The topological polar surface area (TPSA) is 37.3 Å². The molecule has 1 aromatic rings. The fraction of sp³-hybridized carbons (Fsp3) is 0.250. The first-order valence-corrected chi connectivity index (χ1v) is 6.57. The zero-order chi connectivity index (χ0) is 12.1. The van der Waals surface area contributed by atoms with E-state index in [2.05, 4.69) is 22.0 Å². The molecule has 2 nitrogen and oxygen atoms in total. The third-order valence-corrected chi connectivity index (χ3v) is 3.52. The molecular formula is C12H13BrO2S. The van der Waals surface area contributed by atoms with Gasteiger partial charge in [-0.3, -0.25) is 0 Å². The van der Waals surface area contributed by atoms with Gasteiger partial charge in [-0.25, -0.2) is 4.79 Å². The summed E-state index contributed by atoms with van der Waals surface area (Å²) in [7, 11) is 0. The summed E-state index contributed by atoms with van der Waals surface area (Å²) in [6, 6.07) is 5.38. The van der Waals surface area contributed by atoms with Crippen LogP contribution in [0.1, 0.15) is 24.2 Å². The van der Waals surface area contributed by atoms with Crippen molar-refractivity contribution in [1.82, 2.24) is 0 Å². The average molecular weight is 301 g/mol. The fourth-order valence-electron chi connectivity index (χ4n) is 1.06. The Morgan fingerprint density at radius 3 is 2.75 bits per heavy atom. The Morgan fingerprint density at radius 1 is 1.50 bits per heavy atom. The lowest BCUT2D eigenvalue weighted by atomic mass is 10.2. The molecule has 1 N–H and O–H groups in total. The van der Waals surface area contributed by atoms with Crippen molar-refractivity contribution in [2.75, 3.05) is 5.75 Å². The molecule has 0 aliphatic rings. The number of halogens is 1. The summed E-state index contributed by atoms with van der Waals surface area (Å²) in [6.45, 7) is 4.09. The molecule has 0 unspecified atom stereocenters. The molecule has 0 radical (unpaired) electrons. The summed E-state index contributed by atoms with van der Waals surface area (Å²) < 4.78 is 0.617. The van der Waals surface area contributed by atoms with Gasteiger partial charge in [-0.1, -0.05) is 11.6 Å². The van der Waals surface area contributed by atoms with Crippen LogP contribution in [0, 0.1) is 0 Å². The minimum absolute atomic E-state index is 0.308. The number of hydrogen-bond donors (Lipinski definition) is 1. The summed E-state index contributed by atoms with van der Waals surface area (Å²) >= 11 is 4.85. The Kier molecular flexibility index (Phi) is 5.09. The summed E-state index contributed by atoms with van der Waals surface area (Å²) in [5.41, 5.74) is 1.57. The van der Waals surface area contributed by atoms with Crippen LogP contribution in [0.2, 0.25) is 0 Å². The number of allylic oxidation sites excluding steroid dienone is 1. The van der Waals surface area contributed by atoms with Crippen LogP contribution in [0.4, 0.5) is 0 Å². The van der Waals surface area contributed by atoms with E-state index in [0.717, 1.165) is 10.6 Å². The molecule has 0 spiro atoms. The molecule has 4 heteroatoms. The molecule has 16 heavy (non-hydrogen) atoms. The molecule has 1 rings (SSSR count). The summed E-state index contributed by atoms with van der Waals surface area (Å²) in [6.07, 6.45) is 2.12. The maximum absolute atomic E-state index is 10.9. The molecule has 86 valence electrons. The van der Waals surface area contributed by atoms with Crippen LogP contribution in [0.25, 0.3) is 0 Å². The van der Waals surface area contributed by atoms with Crippen LogP contribution in [0.3, 0.4) is 0 Å². The smallest absolute Gasteiger partial charge is 0.336 e. The van der Waals surface area contributed by atoms with Crippen molar-refractivity contribution in [3.05, 3.63) is 39.9 Å². The van der Waals surface area contributed by atoms with Gasteiger partial charge < -0.3 is 5.11 Å². The standard InChI is InChI=1S/C12H13BrO2S/c1-8(2)5-6-16-9-3-4-11(13)10(7-9)12(14)15/h3-5,7H,6H2,1-2H3,(H,14,15). The van der Waals surface area contributed by atoms with E-state index < -0.39 is 5.97 Å². The van der Waals surface area contributed by atoms with Crippen LogP contribution in [0.5, 0.6) is 0 Å². The summed E-state index contributed by atoms with van der Waals surface area (Å²) in [5.74, 6) is -0.0419. The molecule has 0 amide bonds. The first-order valence-electron chi connectivity index (χ1n) is 4.79. The number of hydrogen-bond acceptors (Lipinski definition) is 2. The molecule has 0 fully saturated rings. The molecule has 0 aliphatic carbocycles. The number of carboxylic acids is 1. The SMILES string of the molecule is CC(C)=CCSc1ccc(Br)c(C(=O)O)c1. The van der Waals surface area contributed by atoms with Gasteiger partial charge in [-0.2, -0.15) is 0 Å². The molecule has 0 bridgehead atoms. The molecule has 0 aliphatic heterocycles. The zero-order valence-electron chi connectivity index (χ0n) is 9.16. The average Bonchev–Trinajstić information content (AvgIpc) is 2.19. The van der Waals surface area contributed by atoms with Crippen molar-refractivity contribution in [3.8, 4) is 0 Å². The number of carbonyl (C=O) groups is 1. The highest BCUT2D eigenvalue weighted by Gasteiger charge is 2.08. The summed E-state index contributed by atoms with van der Waals surface area (Å²) in [5, 5.41) is 8.95. The third-order valence-electron chi connectivity index (χ3n) is 1.91. The maximum atomic E-state index is 10.9. The van der Waals surface area contributed by atoms with Gasteiger partial charge in [0.2, 0.25) is 0 Å². The molecule has 0 atom stereocenters. The minimum Gasteiger partial charge on any atom is -0.478 e. The second kappa shape index (κ2) is 6.11. The van der Waals surface area contributed by atoms with Crippen LogP contribution in [-0.2, 0) is 0 Å². The number of carboxylic acid groups (broad SMARTS) is 1. The van der Waals surface area contributed by atoms with Crippen molar-refractivity contribution in [1.29, 1.82) is 0 Å². The number of aromatic carboxylic acids is 1. The number of thioether (sulfide) groups is 1. The van der Waals surface area contributed by atoms with Gasteiger partial charge in [0.05, 0.1) is 5.56 Å². The van der Waals surface area contributed by atoms with Crippen molar-refractivity contribution in [2.45, 2.75) is 18.7 Å². The number of rotatable bonds is 4. The van der Waals surface area contributed by atoms with E-state index in [-0.39, 0.29) is 0 Å². The Balaban J connectivity index is 2.79. The van der Waals surface area contributed by atoms with E-state index in [1.165, 1.54) is 5.57 Å². The third kappa shape index (κ3) is 4.02. The lowest BCUT2D eigenvalue weighted by molar-refractivity contribution is 0.0695. The Labute approximate surface area is 108 Å². The van der Waals surface area contributed by atoms with Crippen molar-refractivity contribution < 1.29 is 9.90 Å². The van der Waals surface area contributed by atoms with Gasteiger partial charge in [-0.15, -0.1) is 11.8 Å². The quantitative estimate of drug-likeness (QED) is 0.669. The predicted molar refractivity (Wildman–Crippen MR) is 71.3 cm³/mol. The van der Waals surface area contributed by atoms with E-state index in [4.69, 9.17) is 5.11 Å². The molecule has 0 saturated heterocycles. The second-order valence-corrected chi connectivity index (χ2v) is 5.49. The van der Waals surface area contributed by atoms with Crippen molar-refractivity contribution in [3.63, 3.8) is 0 Å². The van der Waals surface area contributed by atoms with E-state index in [1.807, 2.05) is 19.9 Å². The zero-order valence-corrected chi connectivity index (χ0v) is 11.6. The highest BCUT2D eigenvalue weighted by atomic mass is 79.9. The minimum atomic E-state index is -0.906. The van der Waals surface area contributed by atoms with Gasteiger partial charge in [0.25, 0.3) is 0 Å². The first-order chi connectivity index (χ1) is 7.50. The number of benzene rings is 1. The maximum Gasteiger partial charge on any atom is 0.336 e. The van der Waals surface area contributed by atoms with Gasteiger partial charge in [-0.05, 0) is 48.0 Å². The van der Waals surface area contributed by atoms with E-state index in [0.29, 0.717) is 10.0 Å². The Morgan fingerprint density at radius 2 is 2.19 bits per heavy atom. The molecule has 0 aromatic heterocycles. The Hall–Kier alpha value is -0.740. The highest BCUT2D eigenvalue weighted by Crippen LogP contribution is 2.25. The van der Waals surface area contributed by atoms with Crippen LogP contribution >= 0.6 is 27.7 Å². The van der Waals surface area contributed by atoms with E-state index in [1.54, 1.807) is 23.9 Å². The van der Waals surface area contributed by atoms with E-state index in [9.17, 15) is 4.79 Å². The van der Waals surface area contributed by atoms with Crippen molar-refractivity contribution in [2.24, 2.45) is 0 Å². The molecular weight excluding hydrogens is 288 g/mol. The second-order valence-electron chi connectivity index (χ2n) is 3.54. The fourth-order valence-corrected chi connectivity index (χ4v) is 2.45. The lowest BCUT2D eigenvalue weighted by Crippen LogP contribution is -1.97. The van der Waals surface area contributed by atoms with Gasteiger partial charge in [0.15, 0.2) is 0 Å². The van der Waals surface area contributed by atoms with Crippen LogP contribution in [-0.4, -0.2) is 16.8 Å². The monoisotopic (exact) mass is 300 g/mol. The predicted octanol–water partition coefficient (Wildman–Crippen LogP) is 4.21.